The molecule has 1 N–H and O–H groups in total. The maximum Gasteiger partial charge on any atom is 0.259 e. The van der Waals surface area contributed by atoms with Crippen LogP contribution in [0.25, 0.3) is 11.5 Å². The van der Waals surface area contributed by atoms with Crippen LogP contribution < -0.4 is 5.32 Å². The van der Waals surface area contributed by atoms with Crippen molar-refractivity contribution in [2.75, 3.05) is 6.54 Å². The van der Waals surface area contributed by atoms with Crippen molar-refractivity contribution in [3.8, 4) is 11.5 Å². The second-order valence-electron chi connectivity index (χ2n) is 4.74. The Labute approximate surface area is 133 Å². The van der Waals surface area contributed by atoms with Crippen LogP contribution in [0.1, 0.15) is 11.5 Å². The quantitative estimate of drug-likeness (QED) is 0.708. The smallest absolute Gasteiger partial charge is 0.259 e. The minimum absolute atomic E-state index is 0.437. The molecular formula is C16H15ClN4O. The minimum Gasteiger partial charge on any atom is -0.334 e. The van der Waals surface area contributed by atoms with Gasteiger partial charge in [-0.3, -0.25) is 4.98 Å². The zero-order valence-electron chi connectivity index (χ0n) is 11.9. The Balaban J connectivity index is 1.53. The highest BCUT2D eigenvalue weighted by atomic mass is 35.5. The summed E-state index contributed by atoms with van der Waals surface area (Å²) < 4.78 is 5.25. The van der Waals surface area contributed by atoms with Crippen molar-refractivity contribution in [3.63, 3.8) is 0 Å². The minimum atomic E-state index is 0.437. The molecule has 22 heavy (non-hydrogen) atoms. The number of benzene rings is 1. The van der Waals surface area contributed by atoms with E-state index in [1.54, 1.807) is 12.3 Å². The molecule has 1 aromatic carbocycles. The van der Waals surface area contributed by atoms with Gasteiger partial charge in [0.05, 0.1) is 17.1 Å². The molecular weight excluding hydrogens is 300 g/mol. The lowest BCUT2D eigenvalue weighted by Gasteiger charge is -2.01. The molecule has 112 valence electrons. The third-order valence-corrected chi connectivity index (χ3v) is 3.47. The summed E-state index contributed by atoms with van der Waals surface area (Å²) in [4.78, 5) is 8.62. The van der Waals surface area contributed by atoms with E-state index in [9.17, 15) is 0 Å². The lowest BCUT2D eigenvalue weighted by atomic mass is 10.2. The molecule has 0 aliphatic heterocycles. The molecule has 0 aliphatic rings. The Morgan fingerprint density at radius 1 is 1.09 bits per heavy atom. The predicted molar refractivity (Wildman–Crippen MR) is 84.4 cm³/mol. The van der Waals surface area contributed by atoms with Gasteiger partial charge in [0.15, 0.2) is 5.82 Å². The molecule has 0 radical (unpaired) electrons. The van der Waals surface area contributed by atoms with Gasteiger partial charge in [-0.15, -0.1) is 0 Å². The Morgan fingerprint density at radius 3 is 2.77 bits per heavy atom. The number of hydrogen-bond donors (Lipinski definition) is 1. The van der Waals surface area contributed by atoms with E-state index in [1.807, 2.05) is 36.4 Å². The van der Waals surface area contributed by atoms with Crippen molar-refractivity contribution in [1.29, 1.82) is 0 Å². The first kappa shape index (κ1) is 14.7. The molecule has 0 aliphatic carbocycles. The van der Waals surface area contributed by atoms with Crippen LogP contribution >= 0.6 is 11.6 Å². The van der Waals surface area contributed by atoms with Crippen LogP contribution in [0.4, 0.5) is 0 Å². The van der Waals surface area contributed by atoms with E-state index in [4.69, 9.17) is 16.1 Å². The molecule has 0 saturated heterocycles. The van der Waals surface area contributed by atoms with E-state index in [1.165, 1.54) is 0 Å². The summed E-state index contributed by atoms with van der Waals surface area (Å²) in [5.74, 6) is 1.04. The highest BCUT2D eigenvalue weighted by molar-refractivity contribution is 6.33. The summed E-state index contributed by atoms with van der Waals surface area (Å²) in [5.41, 5.74) is 1.80. The number of rotatable bonds is 6. The molecule has 3 rings (SSSR count). The first-order chi connectivity index (χ1) is 10.8. The third-order valence-electron chi connectivity index (χ3n) is 3.14. The second-order valence-corrected chi connectivity index (χ2v) is 5.15. The van der Waals surface area contributed by atoms with Gasteiger partial charge in [0.1, 0.15) is 0 Å². The number of nitrogens with zero attached hydrogens (tertiary/aromatic N) is 3. The maximum atomic E-state index is 6.11. The topological polar surface area (TPSA) is 63.8 Å². The van der Waals surface area contributed by atoms with E-state index in [0.717, 1.165) is 24.2 Å². The molecule has 2 aromatic heterocycles. The zero-order valence-corrected chi connectivity index (χ0v) is 12.6. The number of hydrogen-bond acceptors (Lipinski definition) is 5. The van der Waals surface area contributed by atoms with Gasteiger partial charge in [0.2, 0.25) is 0 Å². The van der Waals surface area contributed by atoms with Crippen molar-refractivity contribution in [1.82, 2.24) is 20.4 Å². The van der Waals surface area contributed by atoms with Crippen molar-refractivity contribution >= 4 is 11.6 Å². The van der Waals surface area contributed by atoms with Gasteiger partial charge in [0.25, 0.3) is 5.89 Å². The fraction of sp³-hybridized carbons (Fsp3) is 0.188. The molecule has 2 heterocycles. The number of aromatic nitrogens is 3. The molecule has 3 aromatic rings. The highest BCUT2D eigenvalue weighted by Gasteiger charge is 2.11. The highest BCUT2D eigenvalue weighted by Crippen LogP contribution is 2.25. The van der Waals surface area contributed by atoms with Gasteiger partial charge < -0.3 is 9.84 Å². The van der Waals surface area contributed by atoms with E-state index >= 15 is 0 Å². The maximum absolute atomic E-state index is 6.11. The number of nitrogens with one attached hydrogen (secondary N) is 1. The van der Waals surface area contributed by atoms with Crippen LogP contribution in [0.3, 0.4) is 0 Å². The standard InChI is InChI=1S/C16H15ClN4O/c17-14-7-2-1-6-13(14)16-20-15(21-22-16)11-18-10-8-12-5-3-4-9-19-12/h1-7,9,18H,8,10-11H2. The SMILES string of the molecule is Clc1ccccc1-c1nc(CNCCc2ccccn2)no1. The number of pyridine rings is 1. The lowest BCUT2D eigenvalue weighted by molar-refractivity contribution is 0.419. The summed E-state index contributed by atoms with van der Waals surface area (Å²) in [5, 5.41) is 7.82. The molecule has 0 spiro atoms. The largest absolute Gasteiger partial charge is 0.334 e. The van der Waals surface area contributed by atoms with E-state index in [2.05, 4.69) is 20.4 Å². The fourth-order valence-corrected chi connectivity index (χ4v) is 2.25. The molecule has 6 heteroatoms. The normalized spacial score (nSPS) is 10.8. The van der Waals surface area contributed by atoms with Gasteiger partial charge in [-0.05, 0) is 24.3 Å². The van der Waals surface area contributed by atoms with Crippen LogP contribution in [0.5, 0.6) is 0 Å². The lowest BCUT2D eigenvalue weighted by Crippen LogP contribution is -2.17. The summed E-state index contributed by atoms with van der Waals surface area (Å²) in [6.45, 7) is 1.34. The van der Waals surface area contributed by atoms with E-state index in [-0.39, 0.29) is 0 Å². The Morgan fingerprint density at radius 2 is 1.95 bits per heavy atom. The van der Waals surface area contributed by atoms with Gasteiger partial charge >= 0.3 is 0 Å². The second kappa shape index (κ2) is 7.15. The van der Waals surface area contributed by atoms with Crippen LogP contribution in [-0.2, 0) is 13.0 Å². The van der Waals surface area contributed by atoms with Gasteiger partial charge in [-0.1, -0.05) is 35.0 Å². The predicted octanol–water partition coefficient (Wildman–Crippen LogP) is 3.12. The molecule has 0 amide bonds. The molecule has 0 atom stereocenters. The fourth-order valence-electron chi connectivity index (χ4n) is 2.03. The van der Waals surface area contributed by atoms with E-state index in [0.29, 0.717) is 23.3 Å². The Hall–Kier alpha value is -2.24. The monoisotopic (exact) mass is 314 g/mol. The Bertz CT molecular complexity index is 730. The van der Waals surface area contributed by atoms with Crippen molar-refractivity contribution < 1.29 is 4.52 Å². The van der Waals surface area contributed by atoms with Crippen LogP contribution in [0, 0.1) is 0 Å². The van der Waals surface area contributed by atoms with Crippen LogP contribution in [0.2, 0.25) is 5.02 Å². The van der Waals surface area contributed by atoms with Crippen LogP contribution in [-0.4, -0.2) is 21.7 Å². The van der Waals surface area contributed by atoms with E-state index < -0.39 is 0 Å². The summed E-state index contributed by atoms with van der Waals surface area (Å²) in [7, 11) is 0. The molecule has 5 nitrogen and oxygen atoms in total. The molecule has 0 bridgehead atoms. The molecule has 0 unspecified atom stereocenters. The Kier molecular flexibility index (Phi) is 4.78. The summed E-state index contributed by atoms with van der Waals surface area (Å²) in [6, 6.07) is 13.3. The molecule has 0 saturated carbocycles. The van der Waals surface area contributed by atoms with Gasteiger partial charge in [-0.2, -0.15) is 4.98 Å². The average Bonchev–Trinajstić information content (AvgIpc) is 3.02. The average molecular weight is 315 g/mol. The van der Waals surface area contributed by atoms with Crippen molar-refractivity contribution in [2.45, 2.75) is 13.0 Å². The van der Waals surface area contributed by atoms with Crippen LogP contribution in [0.15, 0.2) is 53.2 Å². The first-order valence-corrected chi connectivity index (χ1v) is 7.39. The number of halogens is 1. The third kappa shape index (κ3) is 3.69. The first-order valence-electron chi connectivity index (χ1n) is 7.01. The van der Waals surface area contributed by atoms with Crippen molar-refractivity contribution in [2.24, 2.45) is 0 Å². The zero-order chi connectivity index (χ0) is 15.2. The molecule has 0 fully saturated rings. The van der Waals surface area contributed by atoms with Gasteiger partial charge in [0, 0.05) is 24.9 Å². The van der Waals surface area contributed by atoms with Gasteiger partial charge in [-0.25, -0.2) is 0 Å². The summed E-state index contributed by atoms with van der Waals surface area (Å²) in [6.07, 6.45) is 2.65. The summed E-state index contributed by atoms with van der Waals surface area (Å²) >= 11 is 6.11. The van der Waals surface area contributed by atoms with Crippen molar-refractivity contribution in [3.05, 3.63) is 65.2 Å².